The largest absolute Gasteiger partial charge is 0.494 e. The Labute approximate surface area is 136 Å². The highest BCUT2D eigenvalue weighted by Crippen LogP contribution is 2.26. The number of rotatable bonds is 8. The smallest absolute Gasteiger partial charge is 0.119 e. The van der Waals surface area contributed by atoms with Gasteiger partial charge in [0, 0.05) is 19.5 Å². The van der Waals surface area contributed by atoms with Crippen molar-refractivity contribution in [3.63, 3.8) is 0 Å². The van der Waals surface area contributed by atoms with Gasteiger partial charge in [-0.3, -0.25) is 0 Å². The van der Waals surface area contributed by atoms with Crippen molar-refractivity contribution in [3.05, 3.63) is 29.8 Å². The van der Waals surface area contributed by atoms with Crippen molar-refractivity contribution in [1.29, 1.82) is 5.26 Å². The molecule has 1 heterocycles. The van der Waals surface area contributed by atoms with E-state index < -0.39 is 5.60 Å². The van der Waals surface area contributed by atoms with Gasteiger partial charge in [-0.25, -0.2) is 0 Å². The van der Waals surface area contributed by atoms with Gasteiger partial charge in [0.05, 0.1) is 18.3 Å². The van der Waals surface area contributed by atoms with E-state index in [2.05, 4.69) is 17.5 Å². The molecule has 0 radical (unpaired) electrons. The highest BCUT2D eigenvalue weighted by atomic mass is 32.2. The highest BCUT2D eigenvalue weighted by Gasteiger charge is 2.28. The summed E-state index contributed by atoms with van der Waals surface area (Å²) in [5, 5.41) is 22.3. The quantitative estimate of drug-likeness (QED) is 0.721. The van der Waals surface area contributed by atoms with Gasteiger partial charge in [-0.15, -0.1) is 0 Å². The van der Waals surface area contributed by atoms with Crippen LogP contribution in [-0.2, 0) is 6.54 Å². The maximum absolute atomic E-state index is 10.4. The Hall–Kier alpha value is -1.22. The molecule has 1 fully saturated rings. The molecular formula is C17H24N2O2S. The molecule has 1 aliphatic heterocycles. The van der Waals surface area contributed by atoms with Crippen LogP contribution in [0.2, 0.25) is 0 Å². The maximum atomic E-state index is 10.4. The third-order valence-electron chi connectivity index (χ3n) is 3.81. The van der Waals surface area contributed by atoms with Crippen molar-refractivity contribution in [2.24, 2.45) is 0 Å². The number of nitrogens with one attached hydrogen (secondary N) is 1. The molecule has 0 bridgehead atoms. The first-order valence-corrected chi connectivity index (χ1v) is 8.97. The molecular weight excluding hydrogens is 296 g/mol. The van der Waals surface area contributed by atoms with Crippen LogP contribution >= 0.6 is 11.8 Å². The van der Waals surface area contributed by atoms with Gasteiger partial charge >= 0.3 is 0 Å². The molecule has 0 atom stereocenters. The Balaban J connectivity index is 1.74. The van der Waals surface area contributed by atoms with E-state index in [4.69, 9.17) is 10.00 Å². The molecule has 2 N–H and O–H groups in total. The summed E-state index contributed by atoms with van der Waals surface area (Å²) >= 11 is 1.92. The lowest BCUT2D eigenvalue weighted by Gasteiger charge is -2.32. The third-order valence-corrected chi connectivity index (χ3v) is 4.79. The van der Waals surface area contributed by atoms with Crippen LogP contribution in [0.4, 0.5) is 0 Å². The standard InChI is InChI=1S/C17H24N2O2S/c18-8-1-2-9-21-16-5-3-4-15(12-16)13-19-14-17(20)6-10-22-11-7-17/h3-5,12,19-20H,1-2,6-7,9-11,13-14H2. The fraction of sp³-hybridized carbons (Fsp3) is 0.588. The molecule has 0 unspecified atom stereocenters. The van der Waals surface area contributed by atoms with Crippen molar-refractivity contribution in [2.75, 3.05) is 24.7 Å². The summed E-state index contributed by atoms with van der Waals surface area (Å²) in [5.41, 5.74) is 0.600. The minimum Gasteiger partial charge on any atom is -0.494 e. The molecule has 1 saturated heterocycles. The summed E-state index contributed by atoms with van der Waals surface area (Å²) < 4.78 is 5.63. The SMILES string of the molecule is N#CCCCOc1cccc(CNCC2(O)CCSCC2)c1. The Morgan fingerprint density at radius 2 is 2.18 bits per heavy atom. The molecule has 0 spiro atoms. The Morgan fingerprint density at radius 3 is 2.95 bits per heavy atom. The number of hydrogen-bond donors (Lipinski definition) is 2. The van der Waals surface area contributed by atoms with Gasteiger partial charge in [0.2, 0.25) is 0 Å². The number of benzene rings is 1. The maximum Gasteiger partial charge on any atom is 0.119 e. The molecule has 1 aromatic carbocycles. The molecule has 4 nitrogen and oxygen atoms in total. The van der Waals surface area contributed by atoms with E-state index in [1.165, 1.54) is 0 Å². The predicted octanol–water partition coefficient (Wildman–Crippen LogP) is 2.72. The van der Waals surface area contributed by atoms with Gasteiger partial charge in [0.15, 0.2) is 0 Å². The summed E-state index contributed by atoms with van der Waals surface area (Å²) in [6.07, 6.45) is 3.02. The van der Waals surface area contributed by atoms with E-state index in [1.54, 1.807) is 0 Å². The Bertz CT molecular complexity index is 496. The zero-order valence-corrected chi connectivity index (χ0v) is 13.7. The highest BCUT2D eigenvalue weighted by molar-refractivity contribution is 7.99. The van der Waals surface area contributed by atoms with E-state index in [0.717, 1.165) is 48.6 Å². The fourth-order valence-corrected chi connectivity index (χ4v) is 3.71. The number of aliphatic hydroxyl groups is 1. The monoisotopic (exact) mass is 320 g/mol. The molecule has 22 heavy (non-hydrogen) atoms. The van der Waals surface area contributed by atoms with E-state index in [-0.39, 0.29) is 0 Å². The van der Waals surface area contributed by atoms with Crippen molar-refractivity contribution >= 4 is 11.8 Å². The number of nitrogens with zero attached hydrogens (tertiary/aromatic N) is 1. The van der Waals surface area contributed by atoms with Crippen LogP contribution in [0.5, 0.6) is 5.75 Å². The van der Waals surface area contributed by atoms with Gasteiger partial charge in [-0.05, 0) is 48.5 Å². The first-order valence-electron chi connectivity index (χ1n) is 7.81. The average molecular weight is 320 g/mol. The molecule has 120 valence electrons. The van der Waals surface area contributed by atoms with Crippen molar-refractivity contribution < 1.29 is 9.84 Å². The number of ether oxygens (including phenoxy) is 1. The van der Waals surface area contributed by atoms with Gasteiger partial charge in [-0.1, -0.05) is 12.1 Å². The first-order chi connectivity index (χ1) is 10.7. The number of thioether (sulfide) groups is 1. The van der Waals surface area contributed by atoms with Crippen LogP contribution in [0.25, 0.3) is 0 Å². The number of unbranched alkanes of at least 4 members (excludes halogenated alkanes) is 1. The van der Waals surface area contributed by atoms with Gasteiger partial charge < -0.3 is 15.2 Å². The Morgan fingerprint density at radius 1 is 1.36 bits per heavy atom. The fourth-order valence-electron chi connectivity index (χ4n) is 2.45. The first kappa shape index (κ1) is 17.1. The van der Waals surface area contributed by atoms with Crippen LogP contribution in [0, 0.1) is 11.3 Å². The summed E-state index contributed by atoms with van der Waals surface area (Å²) in [6.45, 7) is 1.94. The topological polar surface area (TPSA) is 65.3 Å². The molecule has 1 aromatic rings. The zero-order valence-electron chi connectivity index (χ0n) is 12.9. The molecule has 0 amide bonds. The summed E-state index contributed by atoms with van der Waals surface area (Å²) in [4.78, 5) is 0. The number of hydrogen-bond acceptors (Lipinski definition) is 5. The molecule has 0 aliphatic carbocycles. The van der Waals surface area contributed by atoms with Crippen LogP contribution in [-0.4, -0.2) is 35.4 Å². The average Bonchev–Trinajstić information content (AvgIpc) is 2.53. The van der Waals surface area contributed by atoms with Crippen LogP contribution < -0.4 is 10.1 Å². The van der Waals surface area contributed by atoms with Gasteiger partial charge in [0.25, 0.3) is 0 Å². The van der Waals surface area contributed by atoms with Crippen LogP contribution in [0.15, 0.2) is 24.3 Å². The lowest BCUT2D eigenvalue weighted by atomic mass is 9.97. The van der Waals surface area contributed by atoms with E-state index in [0.29, 0.717) is 19.6 Å². The molecule has 2 rings (SSSR count). The van der Waals surface area contributed by atoms with Crippen molar-refractivity contribution in [1.82, 2.24) is 5.32 Å². The van der Waals surface area contributed by atoms with Crippen LogP contribution in [0.3, 0.4) is 0 Å². The van der Waals surface area contributed by atoms with E-state index >= 15 is 0 Å². The zero-order chi connectivity index (χ0) is 15.7. The third kappa shape index (κ3) is 5.88. The minimum absolute atomic E-state index is 0.526. The minimum atomic E-state index is -0.545. The molecule has 0 aromatic heterocycles. The second kappa shape index (κ2) is 9.04. The second-order valence-corrected chi connectivity index (χ2v) is 6.92. The van der Waals surface area contributed by atoms with Crippen molar-refractivity contribution in [3.8, 4) is 11.8 Å². The lowest BCUT2D eigenvalue weighted by Crippen LogP contribution is -2.43. The molecule has 5 heteroatoms. The second-order valence-electron chi connectivity index (χ2n) is 5.70. The predicted molar refractivity (Wildman–Crippen MR) is 90.0 cm³/mol. The van der Waals surface area contributed by atoms with Gasteiger partial charge in [0.1, 0.15) is 5.75 Å². The molecule has 0 saturated carbocycles. The summed E-state index contributed by atoms with van der Waals surface area (Å²) in [6, 6.07) is 10.1. The van der Waals surface area contributed by atoms with Crippen molar-refractivity contribution in [2.45, 2.75) is 37.8 Å². The summed E-state index contributed by atoms with van der Waals surface area (Å²) in [7, 11) is 0. The van der Waals surface area contributed by atoms with Crippen LogP contribution in [0.1, 0.15) is 31.2 Å². The van der Waals surface area contributed by atoms with E-state index in [1.807, 2.05) is 30.0 Å². The normalized spacial score (nSPS) is 16.9. The van der Waals surface area contributed by atoms with Gasteiger partial charge in [-0.2, -0.15) is 17.0 Å². The van der Waals surface area contributed by atoms with E-state index in [9.17, 15) is 5.11 Å². The number of nitriles is 1. The Kier molecular flexibility index (Phi) is 7.04. The molecule has 1 aliphatic rings. The summed E-state index contributed by atoms with van der Waals surface area (Å²) in [5.74, 6) is 2.93. The lowest BCUT2D eigenvalue weighted by molar-refractivity contribution is 0.0320.